The predicted octanol–water partition coefficient (Wildman–Crippen LogP) is 3.38. The summed E-state index contributed by atoms with van der Waals surface area (Å²) in [5.74, 6) is 0.170. The Hall–Kier alpha value is -2.16. The molecule has 3 nitrogen and oxygen atoms in total. The minimum atomic E-state index is -0.199. The molecule has 1 aliphatic rings. The van der Waals surface area contributed by atoms with Gasteiger partial charge in [-0.2, -0.15) is 4.57 Å². The highest BCUT2D eigenvalue weighted by Crippen LogP contribution is 2.33. The highest BCUT2D eigenvalue weighted by Gasteiger charge is 2.37. The van der Waals surface area contributed by atoms with E-state index in [0.29, 0.717) is 0 Å². The number of fused-ring (bicyclic) bond motifs is 1. The van der Waals surface area contributed by atoms with E-state index in [9.17, 15) is 4.79 Å². The first kappa shape index (κ1) is 15.7. The molecular weight excluding hydrogens is 284 g/mol. The molecule has 3 rings (SSSR count). The summed E-state index contributed by atoms with van der Waals surface area (Å²) in [6, 6.07) is 12.5. The van der Waals surface area contributed by atoms with E-state index in [4.69, 9.17) is 0 Å². The number of carbonyl (C=O) groups excluding carboxylic acids is 1. The molecule has 1 aromatic carbocycles. The molecule has 120 valence electrons. The normalized spacial score (nSPS) is 17.9. The van der Waals surface area contributed by atoms with Crippen molar-refractivity contribution in [1.29, 1.82) is 0 Å². The molecule has 2 heterocycles. The van der Waals surface area contributed by atoms with Gasteiger partial charge in [-0.25, -0.2) is 0 Å². The minimum absolute atomic E-state index is 0.170. The summed E-state index contributed by atoms with van der Waals surface area (Å²) in [4.78, 5) is 15.2. The van der Waals surface area contributed by atoms with Crippen LogP contribution in [0.2, 0.25) is 0 Å². The van der Waals surface area contributed by atoms with E-state index in [-0.39, 0.29) is 18.0 Å². The third-order valence-electron chi connectivity index (χ3n) is 4.88. The number of carbonyl (C=O) groups is 1. The quantitative estimate of drug-likeness (QED) is 0.798. The number of aryl methyl sites for hydroxylation is 2. The molecule has 1 aromatic heterocycles. The smallest absolute Gasteiger partial charge is 0.296 e. The van der Waals surface area contributed by atoms with Crippen LogP contribution in [0.1, 0.15) is 43.6 Å². The summed E-state index contributed by atoms with van der Waals surface area (Å²) in [6.45, 7) is 8.33. The largest absolute Gasteiger partial charge is 0.303 e. The zero-order chi connectivity index (χ0) is 16.6. The Morgan fingerprint density at radius 2 is 2.04 bits per heavy atom. The third-order valence-corrected chi connectivity index (χ3v) is 4.88. The summed E-state index contributed by atoms with van der Waals surface area (Å²) in [7, 11) is 0. The SMILES string of the molecule is CCc1ccc(C)[n+]([C@@H](C)C(=O)N2c3ccccc3C[C@@H]2C)c1. The van der Waals surface area contributed by atoms with Crippen molar-refractivity contribution in [3.63, 3.8) is 0 Å². The van der Waals surface area contributed by atoms with E-state index in [1.165, 1.54) is 11.1 Å². The van der Waals surface area contributed by atoms with E-state index in [0.717, 1.165) is 24.2 Å². The Balaban J connectivity index is 1.94. The fraction of sp³-hybridized carbons (Fsp3) is 0.400. The molecule has 0 N–H and O–H groups in total. The Morgan fingerprint density at radius 1 is 1.30 bits per heavy atom. The molecule has 0 saturated heterocycles. The summed E-state index contributed by atoms with van der Waals surface area (Å²) >= 11 is 0. The summed E-state index contributed by atoms with van der Waals surface area (Å²) in [5.41, 5.74) is 4.71. The van der Waals surface area contributed by atoms with Gasteiger partial charge in [0.1, 0.15) is 0 Å². The lowest BCUT2D eigenvalue weighted by Crippen LogP contribution is -2.51. The molecule has 0 spiro atoms. The van der Waals surface area contributed by atoms with Crippen LogP contribution in [-0.4, -0.2) is 11.9 Å². The topological polar surface area (TPSA) is 24.2 Å². The van der Waals surface area contributed by atoms with Crippen LogP contribution in [-0.2, 0) is 17.6 Å². The number of hydrogen-bond acceptors (Lipinski definition) is 1. The fourth-order valence-electron chi connectivity index (χ4n) is 3.49. The Morgan fingerprint density at radius 3 is 2.78 bits per heavy atom. The standard InChI is InChI=1S/C20H25N2O/c1-5-17-11-10-14(2)21(13-17)16(4)20(23)22-15(3)12-18-8-6-7-9-19(18)22/h6-11,13,15-16H,5,12H2,1-4H3/q+1/t15-,16-/m0/s1. The average Bonchev–Trinajstić information content (AvgIpc) is 2.89. The molecule has 23 heavy (non-hydrogen) atoms. The van der Waals surface area contributed by atoms with E-state index in [1.807, 2.05) is 24.0 Å². The molecule has 1 amide bonds. The van der Waals surface area contributed by atoms with Crippen molar-refractivity contribution in [2.45, 2.75) is 52.6 Å². The number of anilines is 1. The van der Waals surface area contributed by atoms with Gasteiger partial charge in [-0.3, -0.25) is 4.79 Å². The van der Waals surface area contributed by atoms with Gasteiger partial charge in [-0.05, 0) is 37.5 Å². The van der Waals surface area contributed by atoms with Crippen LogP contribution in [0.5, 0.6) is 0 Å². The predicted molar refractivity (Wildman–Crippen MR) is 92.6 cm³/mol. The number of aromatic nitrogens is 1. The van der Waals surface area contributed by atoms with Crippen LogP contribution in [0.15, 0.2) is 42.6 Å². The molecule has 0 fully saturated rings. The molecule has 3 heteroatoms. The average molecular weight is 309 g/mol. The van der Waals surface area contributed by atoms with Crippen molar-refractivity contribution in [1.82, 2.24) is 0 Å². The van der Waals surface area contributed by atoms with Crippen molar-refractivity contribution >= 4 is 11.6 Å². The van der Waals surface area contributed by atoms with Crippen molar-refractivity contribution in [2.75, 3.05) is 4.90 Å². The van der Waals surface area contributed by atoms with Crippen molar-refractivity contribution < 1.29 is 9.36 Å². The third kappa shape index (κ3) is 2.76. The van der Waals surface area contributed by atoms with Gasteiger partial charge in [-0.15, -0.1) is 0 Å². The van der Waals surface area contributed by atoms with Gasteiger partial charge in [-0.1, -0.05) is 25.1 Å². The molecule has 1 aliphatic heterocycles. The maximum absolute atomic E-state index is 13.2. The van der Waals surface area contributed by atoms with Crippen LogP contribution in [0.25, 0.3) is 0 Å². The summed E-state index contributed by atoms with van der Waals surface area (Å²) < 4.78 is 2.11. The van der Waals surface area contributed by atoms with Crippen molar-refractivity contribution in [3.8, 4) is 0 Å². The van der Waals surface area contributed by atoms with Gasteiger partial charge in [0, 0.05) is 37.2 Å². The van der Waals surface area contributed by atoms with E-state index >= 15 is 0 Å². The van der Waals surface area contributed by atoms with Crippen LogP contribution < -0.4 is 9.47 Å². The highest BCUT2D eigenvalue weighted by atomic mass is 16.2. The monoisotopic (exact) mass is 309 g/mol. The first-order chi connectivity index (χ1) is 11.0. The molecule has 0 saturated carbocycles. The second kappa shape index (κ2) is 6.15. The van der Waals surface area contributed by atoms with Gasteiger partial charge in [0.15, 0.2) is 11.9 Å². The first-order valence-corrected chi connectivity index (χ1v) is 8.44. The first-order valence-electron chi connectivity index (χ1n) is 8.44. The van der Waals surface area contributed by atoms with E-state index in [2.05, 4.69) is 55.8 Å². The van der Waals surface area contributed by atoms with Gasteiger partial charge in [0.05, 0.1) is 0 Å². The van der Waals surface area contributed by atoms with Gasteiger partial charge in [0.25, 0.3) is 5.91 Å². The Labute approximate surface area is 138 Å². The summed E-state index contributed by atoms with van der Waals surface area (Å²) in [5, 5.41) is 0. The van der Waals surface area contributed by atoms with Gasteiger partial charge in [0.2, 0.25) is 6.04 Å². The lowest BCUT2D eigenvalue weighted by Gasteiger charge is -2.24. The number of para-hydroxylation sites is 1. The second-order valence-electron chi connectivity index (χ2n) is 6.51. The zero-order valence-electron chi connectivity index (χ0n) is 14.4. The maximum Gasteiger partial charge on any atom is 0.296 e. The number of nitrogens with zero attached hydrogens (tertiary/aromatic N) is 2. The molecule has 2 atom stereocenters. The van der Waals surface area contributed by atoms with Gasteiger partial charge < -0.3 is 4.90 Å². The zero-order valence-corrected chi connectivity index (χ0v) is 14.4. The molecule has 0 bridgehead atoms. The van der Waals surface area contributed by atoms with Crippen LogP contribution in [0, 0.1) is 6.92 Å². The second-order valence-corrected chi connectivity index (χ2v) is 6.51. The molecule has 0 unspecified atom stereocenters. The molecule has 2 aromatic rings. The molecule has 0 aliphatic carbocycles. The number of benzene rings is 1. The molecular formula is C20H25N2O+. The number of pyridine rings is 1. The highest BCUT2D eigenvalue weighted by molar-refractivity contribution is 5.97. The minimum Gasteiger partial charge on any atom is -0.303 e. The van der Waals surface area contributed by atoms with E-state index < -0.39 is 0 Å². The van der Waals surface area contributed by atoms with Crippen molar-refractivity contribution in [3.05, 3.63) is 59.4 Å². The summed E-state index contributed by atoms with van der Waals surface area (Å²) in [6.07, 6.45) is 4.03. The van der Waals surface area contributed by atoms with Crippen LogP contribution in [0.3, 0.4) is 0 Å². The Kier molecular flexibility index (Phi) is 4.20. The Bertz CT molecular complexity index is 738. The maximum atomic E-state index is 13.2. The fourth-order valence-corrected chi connectivity index (χ4v) is 3.49. The van der Waals surface area contributed by atoms with Crippen molar-refractivity contribution in [2.24, 2.45) is 0 Å². The number of amides is 1. The molecule has 0 radical (unpaired) electrons. The van der Waals surface area contributed by atoms with Crippen LogP contribution in [0.4, 0.5) is 5.69 Å². The lowest BCUT2D eigenvalue weighted by molar-refractivity contribution is -0.711. The van der Waals surface area contributed by atoms with Crippen LogP contribution >= 0.6 is 0 Å². The van der Waals surface area contributed by atoms with Gasteiger partial charge >= 0.3 is 0 Å². The number of rotatable bonds is 3. The lowest BCUT2D eigenvalue weighted by atomic mass is 10.1. The number of hydrogen-bond donors (Lipinski definition) is 0. The van der Waals surface area contributed by atoms with E-state index in [1.54, 1.807) is 0 Å².